The van der Waals surface area contributed by atoms with E-state index in [1.165, 1.54) is 19.2 Å². The Kier molecular flexibility index (Phi) is 5.43. The van der Waals surface area contributed by atoms with Crippen LogP contribution in [0.1, 0.15) is 28.8 Å². The SMILES string of the molecule is COc1cc(C(=O)N2CCOCC2)c(F)cc1Nc1nc(NC2CC2)c2c(C#N)c[nH]c2n1. The van der Waals surface area contributed by atoms with Crippen LogP contribution in [-0.2, 0) is 4.74 Å². The van der Waals surface area contributed by atoms with Crippen LogP contribution in [0.15, 0.2) is 18.3 Å². The van der Waals surface area contributed by atoms with Crippen LogP contribution in [0.25, 0.3) is 11.0 Å². The van der Waals surface area contributed by atoms with Gasteiger partial charge in [0.25, 0.3) is 5.91 Å². The lowest BCUT2D eigenvalue weighted by Gasteiger charge is -2.27. The highest BCUT2D eigenvalue weighted by molar-refractivity contribution is 5.96. The highest BCUT2D eigenvalue weighted by atomic mass is 19.1. The van der Waals surface area contributed by atoms with Gasteiger partial charge in [0.15, 0.2) is 0 Å². The summed E-state index contributed by atoms with van der Waals surface area (Å²) >= 11 is 0. The number of hydrogen-bond acceptors (Lipinski definition) is 8. The van der Waals surface area contributed by atoms with Crippen LogP contribution in [0.2, 0.25) is 0 Å². The summed E-state index contributed by atoms with van der Waals surface area (Å²) in [7, 11) is 1.44. The zero-order valence-corrected chi connectivity index (χ0v) is 17.9. The number of nitriles is 1. The van der Waals surface area contributed by atoms with E-state index in [1.54, 1.807) is 11.1 Å². The predicted octanol–water partition coefficient (Wildman–Crippen LogP) is 2.77. The number of hydrogen-bond donors (Lipinski definition) is 3. The van der Waals surface area contributed by atoms with Crippen molar-refractivity contribution in [3.63, 3.8) is 0 Å². The fourth-order valence-electron chi connectivity index (χ4n) is 3.74. The lowest BCUT2D eigenvalue weighted by Crippen LogP contribution is -2.41. The Morgan fingerprint density at radius 1 is 1.33 bits per heavy atom. The minimum absolute atomic E-state index is 0.0743. The smallest absolute Gasteiger partial charge is 0.257 e. The van der Waals surface area contributed by atoms with Crippen LogP contribution in [0, 0.1) is 17.1 Å². The van der Waals surface area contributed by atoms with Crippen molar-refractivity contribution in [3.05, 3.63) is 35.3 Å². The average Bonchev–Trinajstić information content (AvgIpc) is 3.55. The van der Waals surface area contributed by atoms with Gasteiger partial charge in [-0.2, -0.15) is 15.2 Å². The molecule has 0 bridgehead atoms. The molecule has 2 aromatic heterocycles. The van der Waals surface area contributed by atoms with Crippen molar-refractivity contribution in [1.82, 2.24) is 19.9 Å². The first kappa shape index (κ1) is 21.0. The lowest BCUT2D eigenvalue weighted by molar-refractivity contribution is 0.0299. The van der Waals surface area contributed by atoms with Crippen molar-refractivity contribution >= 4 is 34.4 Å². The maximum absolute atomic E-state index is 15.0. The maximum Gasteiger partial charge on any atom is 0.257 e. The molecule has 11 heteroatoms. The fraction of sp³-hybridized carbons (Fsp3) is 0.364. The summed E-state index contributed by atoms with van der Waals surface area (Å²) < 4.78 is 25.6. The molecule has 1 amide bonds. The molecule has 1 aliphatic carbocycles. The standard InChI is InChI=1S/C22H22FN7O3/c1-32-17-8-14(21(31)30-4-6-33-7-5-30)15(23)9-16(17)27-22-28-19-18(12(10-24)11-25-19)20(29-22)26-13-2-3-13/h8-9,11,13H,2-7H2,1H3,(H3,25,26,27,28,29). The summed E-state index contributed by atoms with van der Waals surface area (Å²) in [6.07, 6.45) is 3.63. The largest absolute Gasteiger partial charge is 0.495 e. The predicted molar refractivity (Wildman–Crippen MR) is 118 cm³/mol. The first-order valence-electron chi connectivity index (χ1n) is 10.6. The van der Waals surface area contributed by atoms with Gasteiger partial charge in [-0.15, -0.1) is 0 Å². The number of nitrogens with zero attached hydrogens (tertiary/aromatic N) is 4. The second kappa shape index (κ2) is 8.55. The molecule has 2 fully saturated rings. The summed E-state index contributed by atoms with van der Waals surface area (Å²) in [5.41, 5.74) is 1.12. The van der Waals surface area contributed by atoms with Gasteiger partial charge in [0.1, 0.15) is 29.1 Å². The normalized spacial score (nSPS) is 15.8. The van der Waals surface area contributed by atoms with Crippen LogP contribution in [0.5, 0.6) is 5.75 Å². The average molecular weight is 451 g/mol. The van der Waals surface area contributed by atoms with Crippen LogP contribution in [-0.4, -0.2) is 65.2 Å². The third-order valence-corrected chi connectivity index (χ3v) is 5.63. The van der Waals surface area contributed by atoms with E-state index < -0.39 is 11.7 Å². The second-order valence-corrected chi connectivity index (χ2v) is 7.91. The first-order chi connectivity index (χ1) is 16.1. The highest BCUT2D eigenvalue weighted by Gasteiger charge is 2.26. The third kappa shape index (κ3) is 4.12. The summed E-state index contributed by atoms with van der Waals surface area (Å²) in [4.78, 5) is 26.3. The van der Waals surface area contributed by atoms with Crippen molar-refractivity contribution in [1.29, 1.82) is 5.26 Å². The number of benzene rings is 1. The minimum atomic E-state index is -0.682. The molecule has 2 aliphatic rings. The van der Waals surface area contributed by atoms with Crippen molar-refractivity contribution in [2.75, 3.05) is 44.0 Å². The Morgan fingerprint density at radius 2 is 2.12 bits per heavy atom. The number of aromatic amines is 1. The Hall–Kier alpha value is -3.91. The Bertz CT molecular complexity index is 1260. The van der Waals surface area contributed by atoms with E-state index in [0.29, 0.717) is 54.8 Å². The highest BCUT2D eigenvalue weighted by Crippen LogP contribution is 2.34. The topological polar surface area (TPSA) is 128 Å². The van der Waals surface area contributed by atoms with Crippen LogP contribution < -0.4 is 15.4 Å². The summed E-state index contributed by atoms with van der Waals surface area (Å²) in [5, 5.41) is 16.3. The number of amides is 1. The minimum Gasteiger partial charge on any atom is -0.495 e. The molecule has 0 atom stereocenters. The monoisotopic (exact) mass is 451 g/mol. The molecule has 0 spiro atoms. The molecule has 1 saturated carbocycles. The molecule has 10 nitrogen and oxygen atoms in total. The molecule has 3 heterocycles. The number of H-pyrrole nitrogens is 1. The van der Waals surface area contributed by atoms with E-state index in [0.717, 1.165) is 12.8 Å². The van der Waals surface area contributed by atoms with Gasteiger partial charge >= 0.3 is 0 Å². The molecule has 170 valence electrons. The number of halogens is 1. The van der Waals surface area contributed by atoms with E-state index in [-0.39, 0.29) is 22.9 Å². The number of aromatic nitrogens is 3. The Morgan fingerprint density at radius 3 is 2.82 bits per heavy atom. The number of fused-ring (bicyclic) bond motifs is 1. The number of ether oxygens (including phenoxy) is 2. The molecular formula is C22H22FN7O3. The van der Waals surface area contributed by atoms with E-state index in [4.69, 9.17) is 9.47 Å². The van der Waals surface area contributed by atoms with Gasteiger partial charge in [0.2, 0.25) is 5.95 Å². The van der Waals surface area contributed by atoms with Crippen molar-refractivity contribution in [2.45, 2.75) is 18.9 Å². The molecule has 1 saturated heterocycles. The third-order valence-electron chi connectivity index (χ3n) is 5.63. The van der Waals surface area contributed by atoms with Crippen LogP contribution in [0.3, 0.4) is 0 Å². The summed E-state index contributed by atoms with van der Waals surface area (Å²) in [6, 6.07) is 5.01. The number of rotatable bonds is 6. The van der Waals surface area contributed by atoms with Crippen LogP contribution >= 0.6 is 0 Å². The van der Waals surface area contributed by atoms with E-state index in [9.17, 15) is 14.4 Å². The fourth-order valence-corrected chi connectivity index (χ4v) is 3.74. The first-order valence-corrected chi connectivity index (χ1v) is 10.6. The van der Waals surface area contributed by atoms with Crippen molar-refractivity contribution in [3.8, 4) is 11.8 Å². The lowest BCUT2D eigenvalue weighted by atomic mass is 10.1. The van der Waals surface area contributed by atoms with Crippen LogP contribution in [0.4, 0.5) is 21.8 Å². The molecule has 3 N–H and O–H groups in total. The molecular weight excluding hydrogens is 429 g/mol. The number of carbonyl (C=O) groups is 1. The second-order valence-electron chi connectivity index (χ2n) is 7.91. The maximum atomic E-state index is 15.0. The van der Waals surface area contributed by atoms with E-state index in [1.807, 2.05) is 0 Å². The van der Waals surface area contributed by atoms with Gasteiger partial charge in [-0.3, -0.25) is 4.79 Å². The van der Waals surface area contributed by atoms with Gasteiger partial charge < -0.3 is 30.0 Å². The quantitative estimate of drug-likeness (QED) is 0.522. The molecule has 5 rings (SSSR count). The zero-order valence-electron chi connectivity index (χ0n) is 17.9. The van der Waals surface area contributed by atoms with Gasteiger partial charge in [-0.25, -0.2) is 4.39 Å². The molecule has 1 aromatic carbocycles. The van der Waals surface area contributed by atoms with Gasteiger partial charge in [0, 0.05) is 31.4 Å². The molecule has 33 heavy (non-hydrogen) atoms. The molecule has 0 radical (unpaired) electrons. The number of morpholine rings is 1. The van der Waals surface area contributed by atoms with E-state index in [2.05, 4.69) is 31.7 Å². The molecule has 1 aliphatic heterocycles. The number of anilines is 3. The van der Waals surface area contributed by atoms with Crippen molar-refractivity contribution < 1.29 is 18.7 Å². The Balaban J connectivity index is 1.48. The van der Waals surface area contributed by atoms with Crippen molar-refractivity contribution in [2.24, 2.45) is 0 Å². The zero-order chi connectivity index (χ0) is 22.9. The van der Waals surface area contributed by atoms with Gasteiger partial charge in [-0.05, 0) is 18.9 Å². The number of methoxy groups -OCH3 is 1. The number of carbonyl (C=O) groups excluding carboxylic acids is 1. The van der Waals surface area contributed by atoms with Gasteiger partial charge in [-0.1, -0.05) is 0 Å². The van der Waals surface area contributed by atoms with Gasteiger partial charge in [0.05, 0.1) is 42.5 Å². The number of nitrogens with one attached hydrogen (secondary N) is 3. The summed E-state index contributed by atoms with van der Waals surface area (Å²) in [5.74, 6) is -0.0931. The molecule has 3 aromatic rings. The summed E-state index contributed by atoms with van der Waals surface area (Å²) in [6.45, 7) is 1.67. The Labute approximate surface area is 188 Å². The molecule has 0 unspecified atom stereocenters. The van der Waals surface area contributed by atoms with E-state index >= 15 is 0 Å².